The molecule has 186 valence electrons. The van der Waals surface area contributed by atoms with Crippen molar-refractivity contribution in [2.45, 2.75) is 12.3 Å². The molecule has 1 aliphatic rings. The Labute approximate surface area is 219 Å². The second kappa shape index (κ2) is 8.88. The van der Waals surface area contributed by atoms with Gasteiger partial charge in [0.1, 0.15) is 23.6 Å². The molecule has 0 amide bonds. The van der Waals surface area contributed by atoms with Gasteiger partial charge in [-0.15, -0.1) is 5.10 Å². The molecule has 0 unspecified atom stereocenters. The Hall–Kier alpha value is -4.91. The van der Waals surface area contributed by atoms with Crippen LogP contribution in [-0.4, -0.2) is 33.8 Å². The van der Waals surface area contributed by atoms with Crippen LogP contribution in [0.5, 0.6) is 23.1 Å². The Morgan fingerprint density at radius 2 is 1.55 bits per heavy atom. The van der Waals surface area contributed by atoms with Gasteiger partial charge in [0, 0.05) is 17.9 Å². The van der Waals surface area contributed by atoms with Gasteiger partial charge in [-0.05, 0) is 52.2 Å². The minimum Gasteiger partial charge on any atom is -0.497 e. The standard InChI is InChI=1S/C31H24N4O3/c1-36-22-12-7-19(8-13-22)17-26-33-30-29-27(21-9-14-23(37-2)15-10-21)28-24-6-4-3-5-20(24)11-16-25(28)38-31(29)32-18-35(30)34-26/h3-16,18,27H,17H2,1-2H3/t27-/m1/s1. The van der Waals surface area contributed by atoms with Crippen molar-refractivity contribution >= 4 is 16.4 Å². The molecule has 0 N–H and O–H groups in total. The minimum absolute atomic E-state index is 0.153. The third-order valence-corrected chi connectivity index (χ3v) is 7.12. The summed E-state index contributed by atoms with van der Waals surface area (Å²) in [5, 5.41) is 7.06. The molecular formula is C31H24N4O3. The van der Waals surface area contributed by atoms with Gasteiger partial charge < -0.3 is 14.2 Å². The van der Waals surface area contributed by atoms with Crippen LogP contribution in [0.15, 0.2) is 91.3 Å². The predicted octanol–water partition coefficient (Wildman–Crippen LogP) is 6.17. The van der Waals surface area contributed by atoms with E-state index in [1.54, 1.807) is 25.1 Å². The molecule has 7 rings (SSSR count). The lowest BCUT2D eigenvalue weighted by Crippen LogP contribution is -2.15. The number of rotatable bonds is 5. The number of hydrogen-bond acceptors (Lipinski definition) is 6. The maximum absolute atomic E-state index is 6.41. The molecule has 4 aromatic carbocycles. The molecular weight excluding hydrogens is 476 g/mol. The zero-order valence-electron chi connectivity index (χ0n) is 21.0. The second-order valence-electron chi connectivity index (χ2n) is 9.29. The van der Waals surface area contributed by atoms with Gasteiger partial charge in [-0.3, -0.25) is 0 Å². The van der Waals surface area contributed by atoms with Crippen molar-refractivity contribution in [1.82, 2.24) is 19.6 Å². The van der Waals surface area contributed by atoms with Gasteiger partial charge in [0.15, 0.2) is 11.5 Å². The topological polar surface area (TPSA) is 70.8 Å². The fourth-order valence-electron chi connectivity index (χ4n) is 5.28. The number of aromatic nitrogens is 4. The summed E-state index contributed by atoms with van der Waals surface area (Å²) in [5.74, 6) is 3.53. The molecule has 7 nitrogen and oxygen atoms in total. The molecule has 1 atom stereocenters. The summed E-state index contributed by atoms with van der Waals surface area (Å²) in [7, 11) is 3.34. The minimum atomic E-state index is -0.153. The van der Waals surface area contributed by atoms with Gasteiger partial charge in [-0.2, -0.15) is 0 Å². The molecule has 0 radical (unpaired) electrons. The molecule has 0 fully saturated rings. The van der Waals surface area contributed by atoms with E-state index < -0.39 is 0 Å². The maximum Gasteiger partial charge on any atom is 0.228 e. The molecule has 0 saturated heterocycles. The van der Waals surface area contributed by atoms with Crippen LogP contribution in [0.1, 0.15) is 34.0 Å². The quantitative estimate of drug-likeness (QED) is 0.281. The second-order valence-corrected chi connectivity index (χ2v) is 9.29. The largest absolute Gasteiger partial charge is 0.497 e. The Bertz CT molecular complexity index is 1790. The lowest BCUT2D eigenvalue weighted by Gasteiger charge is -2.29. The maximum atomic E-state index is 6.41. The van der Waals surface area contributed by atoms with E-state index in [0.717, 1.165) is 55.9 Å². The lowest BCUT2D eigenvalue weighted by atomic mass is 9.81. The van der Waals surface area contributed by atoms with Crippen LogP contribution >= 0.6 is 0 Å². The zero-order valence-corrected chi connectivity index (χ0v) is 21.0. The van der Waals surface area contributed by atoms with Crippen molar-refractivity contribution in [3.05, 3.63) is 119 Å². The first-order valence-corrected chi connectivity index (χ1v) is 12.4. The molecule has 7 heteroatoms. The highest BCUT2D eigenvalue weighted by Gasteiger charge is 2.34. The van der Waals surface area contributed by atoms with E-state index in [2.05, 4.69) is 47.4 Å². The van der Waals surface area contributed by atoms with Gasteiger partial charge >= 0.3 is 0 Å². The summed E-state index contributed by atoms with van der Waals surface area (Å²) >= 11 is 0. The summed E-state index contributed by atoms with van der Waals surface area (Å²) < 4.78 is 18.9. The van der Waals surface area contributed by atoms with Crippen molar-refractivity contribution < 1.29 is 14.2 Å². The van der Waals surface area contributed by atoms with Crippen LogP contribution in [0, 0.1) is 0 Å². The third kappa shape index (κ3) is 3.63. The molecule has 0 saturated carbocycles. The van der Waals surface area contributed by atoms with Crippen molar-refractivity contribution in [2.75, 3.05) is 14.2 Å². The van der Waals surface area contributed by atoms with E-state index in [1.807, 2.05) is 42.5 Å². The monoisotopic (exact) mass is 500 g/mol. The number of methoxy groups -OCH3 is 2. The fourth-order valence-corrected chi connectivity index (χ4v) is 5.28. The summed E-state index contributed by atoms with van der Waals surface area (Å²) in [6.45, 7) is 0. The van der Waals surface area contributed by atoms with Gasteiger partial charge in [-0.1, -0.05) is 54.6 Å². The fraction of sp³-hybridized carbons (Fsp3) is 0.129. The SMILES string of the molecule is COc1ccc(Cc2nc3c4c(ncn3n2)Oc2ccc3ccccc3c2[C@H]4c2ccc(OC)cc2)cc1. The van der Waals surface area contributed by atoms with Crippen LogP contribution in [0.3, 0.4) is 0 Å². The number of fused-ring (bicyclic) bond motifs is 6. The normalized spacial score (nSPS) is 14.1. The van der Waals surface area contributed by atoms with Crippen LogP contribution < -0.4 is 14.2 Å². The van der Waals surface area contributed by atoms with Gasteiger partial charge in [0.2, 0.25) is 5.88 Å². The van der Waals surface area contributed by atoms with E-state index in [9.17, 15) is 0 Å². The summed E-state index contributed by atoms with van der Waals surface area (Å²) in [6, 6.07) is 28.6. The Morgan fingerprint density at radius 1 is 0.816 bits per heavy atom. The Balaban J connectivity index is 1.42. The predicted molar refractivity (Wildman–Crippen MR) is 145 cm³/mol. The summed E-state index contributed by atoms with van der Waals surface area (Å²) in [5.41, 5.74) is 4.92. The highest BCUT2D eigenvalue weighted by molar-refractivity contribution is 5.90. The lowest BCUT2D eigenvalue weighted by molar-refractivity contribution is 0.414. The van der Waals surface area contributed by atoms with Crippen molar-refractivity contribution in [3.63, 3.8) is 0 Å². The molecule has 0 spiro atoms. The van der Waals surface area contributed by atoms with Gasteiger partial charge in [-0.25, -0.2) is 14.5 Å². The first kappa shape index (κ1) is 22.3. The average molecular weight is 501 g/mol. The summed E-state index contributed by atoms with van der Waals surface area (Å²) in [6.07, 6.45) is 2.27. The Kier molecular flexibility index (Phi) is 5.21. The summed E-state index contributed by atoms with van der Waals surface area (Å²) in [4.78, 5) is 9.68. The Morgan fingerprint density at radius 3 is 2.32 bits per heavy atom. The van der Waals surface area contributed by atoms with E-state index in [-0.39, 0.29) is 5.92 Å². The number of nitrogens with zero attached hydrogens (tertiary/aromatic N) is 4. The van der Waals surface area contributed by atoms with Crippen LogP contribution in [0.2, 0.25) is 0 Å². The zero-order chi connectivity index (χ0) is 25.6. The van der Waals surface area contributed by atoms with Crippen LogP contribution in [0.25, 0.3) is 16.4 Å². The number of benzene rings is 4. The average Bonchev–Trinajstić information content (AvgIpc) is 3.39. The van der Waals surface area contributed by atoms with Crippen LogP contribution in [-0.2, 0) is 6.42 Å². The van der Waals surface area contributed by atoms with Crippen LogP contribution in [0.4, 0.5) is 0 Å². The molecule has 6 aromatic rings. The molecule has 1 aliphatic heterocycles. The third-order valence-electron chi connectivity index (χ3n) is 7.12. The van der Waals surface area contributed by atoms with E-state index in [1.165, 1.54) is 0 Å². The smallest absolute Gasteiger partial charge is 0.228 e. The van der Waals surface area contributed by atoms with Gasteiger partial charge in [0.05, 0.1) is 19.8 Å². The molecule has 2 aromatic heterocycles. The van der Waals surface area contributed by atoms with E-state index in [0.29, 0.717) is 18.1 Å². The molecule has 0 bridgehead atoms. The molecule has 38 heavy (non-hydrogen) atoms. The molecule has 0 aliphatic carbocycles. The van der Waals surface area contributed by atoms with Gasteiger partial charge in [0.25, 0.3) is 0 Å². The first-order chi connectivity index (χ1) is 18.7. The van der Waals surface area contributed by atoms with Crippen molar-refractivity contribution in [1.29, 1.82) is 0 Å². The highest BCUT2D eigenvalue weighted by Crippen LogP contribution is 2.50. The van der Waals surface area contributed by atoms with Crippen molar-refractivity contribution in [2.24, 2.45) is 0 Å². The highest BCUT2D eigenvalue weighted by atomic mass is 16.5. The van der Waals surface area contributed by atoms with E-state index in [4.69, 9.17) is 24.3 Å². The number of hydrogen-bond donors (Lipinski definition) is 0. The van der Waals surface area contributed by atoms with E-state index >= 15 is 0 Å². The van der Waals surface area contributed by atoms with Crippen molar-refractivity contribution in [3.8, 4) is 23.1 Å². The molecule has 3 heterocycles. The number of ether oxygens (including phenoxy) is 3. The first-order valence-electron chi connectivity index (χ1n) is 12.4.